The molecule has 8 heteroatoms. The molecule has 7 nitrogen and oxygen atoms in total. The Kier molecular flexibility index (Phi) is 4.65. The number of rotatable bonds is 6. The fourth-order valence-corrected chi connectivity index (χ4v) is 2.23. The highest BCUT2D eigenvalue weighted by Crippen LogP contribution is 2.15. The van der Waals surface area contributed by atoms with Crippen molar-refractivity contribution in [3.05, 3.63) is 24.3 Å². The lowest BCUT2D eigenvalue weighted by Gasteiger charge is -2.12. The van der Waals surface area contributed by atoms with Crippen LogP contribution in [-0.2, 0) is 14.8 Å². The van der Waals surface area contributed by atoms with Crippen LogP contribution in [0.15, 0.2) is 29.2 Å². The molecule has 0 atom stereocenters. The summed E-state index contributed by atoms with van der Waals surface area (Å²) in [6.07, 6.45) is 0. The number of aliphatic carboxylic acids is 1. The lowest BCUT2D eigenvalue weighted by molar-refractivity contribution is -0.139. The number of carboxylic acids is 1. The summed E-state index contributed by atoms with van der Waals surface area (Å²) in [4.78, 5) is 12.6. The van der Waals surface area contributed by atoms with Crippen molar-refractivity contribution < 1.29 is 23.1 Å². The molecular formula is C10H14N2O5S. The summed E-state index contributed by atoms with van der Waals surface area (Å²) in [5.41, 5.74) is 0. The van der Waals surface area contributed by atoms with Crippen molar-refractivity contribution in [3.63, 3.8) is 0 Å². The third-order valence-corrected chi connectivity index (χ3v) is 3.30. The second-order valence-corrected chi connectivity index (χ2v) is 5.30. The fourth-order valence-electron chi connectivity index (χ4n) is 1.15. The van der Waals surface area contributed by atoms with Gasteiger partial charge in [-0.3, -0.25) is 0 Å². The van der Waals surface area contributed by atoms with Crippen LogP contribution in [0.2, 0.25) is 0 Å². The van der Waals surface area contributed by atoms with Gasteiger partial charge in [0.15, 0.2) is 6.61 Å². The van der Waals surface area contributed by atoms with Crippen LogP contribution in [-0.4, -0.2) is 45.2 Å². The molecule has 0 bridgehead atoms. The van der Waals surface area contributed by atoms with E-state index >= 15 is 0 Å². The van der Waals surface area contributed by atoms with Gasteiger partial charge in [-0.15, -0.1) is 4.83 Å². The predicted octanol–water partition coefficient (Wildman–Crippen LogP) is -0.0951. The minimum absolute atomic E-state index is 0.0684. The number of sulfonamides is 1. The molecule has 0 heterocycles. The van der Waals surface area contributed by atoms with Gasteiger partial charge in [0.05, 0.1) is 4.90 Å². The molecule has 1 aromatic rings. The normalized spacial score (nSPS) is 11.5. The van der Waals surface area contributed by atoms with E-state index in [0.717, 1.165) is 0 Å². The van der Waals surface area contributed by atoms with E-state index in [2.05, 4.69) is 4.83 Å². The van der Waals surface area contributed by atoms with Crippen molar-refractivity contribution in [2.45, 2.75) is 4.90 Å². The zero-order chi connectivity index (χ0) is 13.8. The molecule has 18 heavy (non-hydrogen) atoms. The van der Waals surface area contributed by atoms with Crippen LogP contribution >= 0.6 is 0 Å². The summed E-state index contributed by atoms with van der Waals surface area (Å²) < 4.78 is 28.4. The molecule has 1 aromatic carbocycles. The summed E-state index contributed by atoms with van der Waals surface area (Å²) in [6, 6.07) is 5.46. The molecule has 0 aliphatic rings. The molecule has 0 amide bonds. The van der Waals surface area contributed by atoms with Crippen molar-refractivity contribution in [2.24, 2.45) is 0 Å². The molecule has 1 rings (SSSR count). The average Bonchev–Trinajstić information content (AvgIpc) is 2.25. The van der Waals surface area contributed by atoms with Gasteiger partial charge in [-0.1, -0.05) is 0 Å². The maximum Gasteiger partial charge on any atom is 0.341 e. The largest absolute Gasteiger partial charge is 0.482 e. The SMILES string of the molecule is CN(C)NS(=O)(=O)c1ccc(OCC(=O)O)cc1. The number of carboxylic acid groups (broad SMARTS) is 1. The smallest absolute Gasteiger partial charge is 0.341 e. The van der Waals surface area contributed by atoms with E-state index in [1.807, 2.05) is 0 Å². The summed E-state index contributed by atoms with van der Waals surface area (Å²) in [5.74, 6) is -0.804. The van der Waals surface area contributed by atoms with Gasteiger partial charge in [-0.2, -0.15) is 0 Å². The quantitative estimate of drug-likeness (QED) is 0.704. The molecule has 100 valence electrons. The van der Waals surface area contributed by atoms with E-state index in [0.29, 0.717) is 5.75 Å². The van der Waals surface area contributed by atoms with Gasteiger partial charge in [0.2, 0.25) is 0 Å². The Morgan fingerprint density at radius 1 is 1.33 bits per heavy atom. The minimum atomic E-state index is -3.60. The van der Waals surface area contributed by atoms with Gasteiger partial charge < -0.3 is 9.84 Å². The van der Waals surface area contributed by atoms with Crippen LogP contribution in [0.1, 0.15) is 0 Å². The Balaban J connectivity index is 2.79. The number of nitrogens with one attached hydrogen (secondary N) is 1. The maximum absolute atomic E-state index is 11.7. The highest BCUT2D eigenvalue weighted by Gasteiger charge is 2.14. The average molecular weight is 274 g/mol. The monoisotopic (exact) mass is 274 g/mol. The van der Waals surface area contributed by atoms with Gasteiger partial charge in [-0.25, -0.2) is 18.2 Å². The predicted molar refractivity (Wildman–Crippen MR) is 63.6 cm³/mol. The van der Waals surface area contributed by atoms with Crippen LogP contribution in [0.25, 0.3) is 0 Å². The molecule has 0 aliphatic carbocycles. The highest BCUT2D eigenvalue weighted by atomic mass is 32.2. The van der Waals surface area contributed by atoms with E-state index in [9.17, 15) is 13.2 Å². The molecule has 0 spiro atoms. The lowest BCUT2D eigenvalue weighted by Crippen LogP contribution is -2.36. The van der Waals surface area contributed by atoms with Crippen LogP contribution in [0.4, 0.5) is 0 Å². The van der Waals surface area contributed by atoms with E-state index in [1.54, 1.807) is 14.1 Å². The lowest BCUT2D eigenvalue weighted by atomic mass is 10.3. The van der Waals surface area contributed by atoms with Crippen LogP contribution in [0.3, 0.4) is 0 Å². The number of hydrogen-bond acceptors (Lipinski definition) is 5. The zero-order valence-electron chi connectivity index (χ0n) is 9.95. The number of carbonyl (C=O) groups is 1. The van der Waals surface area contributed by atoms with Crippen molar-refractivity contribution in [1.82, 2.24) is 9.84 Å². The third-order valence-electron chi connectivity index (χ3n) is 1.80. The summed E-state index contributed by atoms with van der Waals surface area (Å²) in [6.45, 7) is -0.470. The Bertz CT molecular complexity index is 510. The Morgan fingerprint density at radius 2 is 1.89 bits per heavy atom. The topological polar surface area (TPSA) is 95.9 Å². The standard InChI is InChI=1S/C10H14N2O5S/c1-12(2)11-18(15,16)9-5-3-8(4-6-9)17-7-10(13)14/h3-6,11H,7H2,1-2H3,(H,13,14). The number of benzene rings is 1. The van der Waals surface area contributed by atoms with E-state index < -0.39 is 22.6 Å². The van der Waals surface area contributed by atoms with Gasteiger partial charge in [-0.05, 0) is 24.3 Å². The van der Waals surface area contributed by atoms with Crippen molar-refractivity contribution >= 4 is 16.0 Å². The van der Waals surface area contributed by atoms with Gasteiger partial charge >= 0.3 is 5.97 Å². The van der Waals surface area contributed by atoms with E-state index in [1.165, 1.54) is 29.3 Å². The van der Waals surface area contributed by atoms with Crippen molar-refractivity contribution in [2.75, 3.05) is 20.7 Å². The maximum atomic E-state index is 11.7. The molecular weight excluding hydrogens is 260 g/mol. The molecule has 0 saturated carbocycles. The third kappa shape index (κ3) is 4.32. The Morgan fingerprint density at radius 3 is 2.33 bits per heavy atom. The number of nitrogens with zero attached hydrogens (tertiary/aromatic N) is 1. The molecule has 0 aliphatic heterocycles. The number of ether oxygens (including phenoxy) is 1. The first-order valence-corrected chi connectivity index (χ1v) is 6.44. The Labute approximate surface area is 105 Å². The molecule has 0 aromatic heterocycles. The zero-order valence-corrected chi connectivity index (χ0v) is 10.8. The first-order valence-electron chi connectivity index (χ1n) is 4.96. The first kappa shape index (κ1) is 14.4. The Hall–Kier alpha value is -1.64. The van der Waals surface area contributed by atoms with Crippen LogP contribution in [0, 0.1) is 0 Å². The van der Waals surface area contributed by atoms with Gasteiger partial charge in [0, 0.05) is 14.1 Å². The van der Waals surface area contributed by atoms with Crippen LogP contribution in [0.5, 0.6) is 5.75 Å². The van der Waals surface area contributed by atoms with E-state index in [4.69, 9.17) is 9.84 Å². The fraction of sp³-hybridized carbons (Fsp3) is 0.300. The van der Waals surface area contributed by atoms with Crippen molar-refractivity contribution in [1.29, 1.82) is 0 Å². The number of hydrogen-bond donors (Lipinski definition) is 2. The molecule has 0 unspecified atom stereocenters. The molecule has 0 radical (unpaired) electrons. The second-order valence-electron chi connectivity index (χ2n) is 3.64. The van der Waals surface area contributed by atoms with Crippen molar-refractivity contribution in [3.8, 4) is 5.75 Å². The highest BCUT2D eigenvalue weighted by molar-refractivity contribution is 7.89. The number of hydrazine groups is 1. The summed E-state index contributed by atoms with van der Waals surface area (Å²) >= 11 is 0. The second kappa shape index (κ2) is 5.80. The molecule has 0 saturated heterocycles. The van der Waals surface area contributed by atoms with Gasteiger partial charge in [0.25, 0.3) is 10.0 Å². The molecule has 2 N–H and O–H groups in total. The summed E-state index contributed by atoms with van der Waals surface area (Å²) in [7, 11) is -0.489. The van der Waals surface area contributed by atoms with Crippen LogP contribution < -0.4 is 9.57 Å². The van der Waals surface area contributed by atoms with E-state index in [-0.39, 0.29) is 4.90 Å². The summed E-state index contributed by atoms with van der Waals surface area (Å²) in [5, 5.41) is 9.73. The van der Waals surface area contributed by atoms with Gasteiger partial charge in [0.1, 0.15) is 5.75 Å². The first-order chi connectivity index (χ1) is 8.31. The minimum Gasteiger partial charge on any atom is -0.482 e. The molecule has 0 fully saturated rings.